The number of esters is 1. The molecule has 1 saturated heterocycles. The second-order valence-corrected chi connectivity index (χ2v) is 8.98. The second kappa shape index (κ2) is 12.9. The fraction of sp³-hybridized carbons (Fsp3) is 0.889. The van der Waals surface area contributed by atoms with Gasteiger partial charge in [-0.3, -0.25) is 9.79 Å². The molecule has 1 fully saturated rings. The zero-order valence-electron chi connectivity index (χ0n) is 17.6. The molecule has 0 unspecified atom stereocenters. The molecule has 0 aromatic carbocycles. The number of guanidine groups is 1. The fourth-order valence-corrected chi connectivity index (χ4v) is 4.07. The quantitative estimate of drug-likeness (QED) is 0.227. The predicted octanol–water partition coefficient (Wildman–Crippen LogP) is 0.668. The van der Waals surface area contributed by atoms with Crippen molar-refractivity contribution < 1.29 is 22.7 Å². The first-order chi connectivity index (χ1) is 13.3. The van der Waals surface area contributed by atoms with Crippen LogP contribution in [0.4, 0.5) is 0 Å². The molecule has 1 heterocycles. The molecule has 0 aromatic rings. The van der Waals surface area contributed by atoms with E-state index in [0.717, 1.165) is 25.3 Å². The number of methoxy groups -OCH3 is 1. The zero-order chi connectivity index (χ0) is 21.0. The molecule has 0 atom stereocenters. The van der Waals surface area contributed by atoms with Gasteiger partial charge in [0.05, 0.1) is 25.6 Å². The topological polar surface area (TPSA) is 101 Å². The lowest BCUT2D eigenvalue weighted by atomic mass is 10.2. The van der Waals surface area contributed by atoms with Crippen molar-refractivity contribution in [2.45, 2.75) is 46.1 Å². The number of piperazine rings is 1. The van der Waals surface area contributed by atoms with Crippen molar-refractivity contribution in [3.8, 4) is 0 Å². The number of ether oxygens (including phenoxy) is 2. The first-order valence-electron chi connectivity index (χ1n) is 9.99. The van der Waals surface area contributed by atoms with Crippen molar-refractivity contribution in [2.24, 2.45) is 4.99 Å². The van der Waals surface area contributed by atoms with Crippen LogP contribution in [-0.2, 0) is 24.3 Å². The summed E-state index contributed by atoms with van der Waals surface area (Å²) >= 11 is 0. The molecule has 164 valence electrons. The van der Waals surface area contributed by atoms with Crippen LogP contribution in [0.2, 0.25) is 0 Å². The molecule has 0 aliphatic carbocycles. The summed E-state index contributed by atoms with van der Waals surface area (Å²) in [5.74, 6) is 0.604. The average molecular weight is 421 g/mol. The summed E-state index contributed by atoms with van der Waals surface area (Å²) in [4.78, 5) is 17.8. The summed E-state index contributed by atoms with van der Waals surface area (Å²) in [6, 6.07) is 0. The SMILES string of the molecule is CCNC(=NCCCCC(=O)OC)N1CCN(S(=O)(=O)CCOC(C)C)CC1. The van der Waals surface area contributed by atoms with Gasteiger partial charge in [0, 0.05) is 45.7 Å². The highest BCUT2D eigenvalue weighted by Crippen LogP contribution is 2.09. The van der Waals surface area contributed by atoms with Crippen molar-refractivity contribution in [3.05, 3.63) is 0 Å². The maximum atomic E-state index is 12.4. The molecule has 0 spiro atoms. The third-order valence-corrected chi connectivity index (χ3v) is 6.17. The highest BCUT2D eigenvalue weighted by molar-refractivity contribution is 7.89. The van der Waals surface area contributed by atoms with Gasteiger partial charge in [0.15, 0.2) is 5.96 Å². The third-order valence-electron chi connectivity index (χ3n) is 4.34. The minimum absolute atomic E-state index is 0.0134. The third kappa shape index (κ3) is 9.20. The number of hydrogen-bond acceptors (Lipinski definition) is 6. The van der Waals surface area contributed by atoms with Gasteiger partial charge in [-0.25, -0.2) is 8.42 Å². The van der Waals surface area contributed by atoms with Crippen molar-refractivity contribution in [1.29, 1.82) is 0 Å². The van der Waals surface area contributed by atoms with Gasteiger partial charge < -0.3 is 19.7 Å². The number of hydrogen-bond donors (Lipinski definition) is 1. The Balaban J connectivity index is 2.48. The van der Waals surface area contributed by atoms with Crippen molar-refractivity contribution in [1.82, 2.24) is 14.5 Å². The van der Waals surface area contributed by atoms with Crippen LogP contribution < -0.4 is 5.32 Å². The molecular weight excluding hydrogens is 384 g/mol. The van der Waals surface area contributed by atoms with Gasteiger partial charge in [0.1, 0.15) is 0 Å². The van der Waals surface area contributed by atoms with Gasteiger partial charge in [-0.2, -0.15) is 4.31 Å². The Morgan fingerprint density at radius 1 is 1.18 bits per heavy atom. The number of carbonyl (C=O) groups excluding carboxylic acids is 1. The van der Waals surface area contributed by atoms with Crippen LogP contribution in [0.3, 0.4) is 0 Å². The monoisotopic (exact) mass is 420 g/mol. The van der Waals surface area contributed by atoms with Gasteiger partial charge in [-0.1, -0.05) is 0 Å². The Hall–Kier alpha value is -1.39. The average Bonchev–Trinajstić information content (AvgIpc) is 2.66. The highest BCUT2D eigenvalue weighted by Gasteiger charge is 2.27. The van der Waals surface area contributed by atoms with E-state index in [0.29, 0.717) is 39.1 Å². The van der Waals surface area contributed by atoms with Gasteiger partial charge in [-0.15, -0.1) is 0 Å². The van der Waals surface area contributed by atoms with E-state index in [9.17, 15) is 13.2 Å². The number of sulfonamides is 1. The molecule has 1 aliphatic rings. The largest absolute Gasteiger partial charge is 0.469 e. The van der Waals surface area contributed by atoms with E-state index in [2.05, 4.69) is 19.9 Å². The molecule has 28 heavy (non-hydrogen) atoms. The predicted molar refractivity (Wildman–Crippen MR) is 110 cm³/mol. The van der Waals surface area contributed by atoms with Gasteiger partial charge in [0.2, 0.25) is 10.0 Å². The van der Waals surface area contributed by atoms with E-state index in [4.69, 9.17) is 4.74 Å². The van der Waals surface area contributed by atoms with Crippen LogP contribution in [0.25, 0.3) is 0 Å². The molecule has 0 saturated carbocycles. The first-order valence-corrected chi connectivity index (χ1v) is 11.6. The zero-order valence-corrected chi connectivity index (χ0v) is 18.5. The Kier molecular flexibility index (Phi) is 11.4. The Labute approximate surface area is 169 Å². The maximum absolute atomic E-state index is 12.4. The van der Waals surface area contributed by atoms with E-state index in [1.54, 1.807) is 0 Å². The number of unbranched alkanes of at least 4 members (excludes halogenated alkanes) is 1. The molecular formula is C18H36N4O5S. The van der Waals surface area contributed by atoms with Crippen LogP contribution >= 0.6 is 0 Å². The number of nitrogens with one attached hydrogen (secondary N) is 1. The summed E-state index contributed by atoms with van der Waals surface area (Å²) < 4.78 is 36.4. The minimum atomic E-state index is -3.30. The second-order valence-electron chi connectivity index (χ2n) is 6.89. The standard InChI is InChI=1S/C18H36N4O5S/c1-5-19-18(20-9-7-6-8-17(23)26-4)21-10-12-22(13-11-21)28(24,25)15-14-27-16(2)3/h16H,5-15H2,1-4H3,(H,19,20). The fourth-order valence-electron chi connectivity index (χ4n) is 2.79. The lowest BCUT2D eigenvalue weighted by molar-refractivity contribution is -0.140. The van der Waals surface area contributed by atoms with Gasteiger partial charge in [0.25, 0.3) is 0 Å². The molecule has 10 heteroatoms. The molecule has 0 bridgehead atoms. The summed E-state index contributed by atoms with van der Waals surface area (Å²) in [5, 5.41) is 3.26. The molecule has 1 N–H and O–H groups in total. The number of rotatable bonds is 11. The number of carbonyl (C=O) groups is 1. The van der Waals surface area contributed by atoms with Crippen molar-refractivity contribution in [2.75, 3.05) is 58.7 Å². The highest BCUT2D eigenvalue weighted by atomic mass is 32.2. The van der Waals surface area contributed by atoms with E-state index >= 15 is 0 Å². The smallest absolute Gasteiger partial charge is 0.305 e. The van der Waals surface area contributed by atoms with Crippen LogP contribution in [-0.4, -0.2) is 94.4 Å². The first kappa shape index (κ1) is 24.6. The van der Waals surface area contributed by atoms with Gasteiger partial charge in [-0.05, 0) is 33.6 Å². The summed E-state index contributed by atoms with van der Waals surface area (Å²) in [6.07, 6.45) is 1.96. The van der Waals surface area contributed by atoms with Crippen molar-refractivity contribution >= 4 is 22.0 Å². The van der Waals surface area contributed by atoms with Crippen LogP contribution in [0, 0.1) is 0 Å². The summed E-state index contributed by atoms with van der Waals surface area (Å²) in [5.41, 5.74) is 0. The summed E-state index contributed by atoms with van der Waals surface area (Å²) in [7, 11) is -1.91. The maximum Gasteiger partial charge on any atom is 0.305 e. The number of nitrogens with zero attached hydrogens (tertiary/aromatic N) is 3. The number of aliphatic imine (C=N–C) groups is 1. The van der Waals surface area contributed by atoms with E-state index in [1.165, 1.54) is 11.4 Å². The molecule has 9 nitrogen and oxygen atoms in total. The Morgan fingerprint density at radius 2 is 1.86 bits per heavy atom. The van der Waals surface area contributed by atoms with Crippen LogP contribution in [0.15, 0.2) is 4.99 Å². The van der Waals surface area contributed by atoms with Crippen LogP contribution in [0.1, 0.15) is 40.0 Å². The normalized spacial score (nSPS) is 16.5. The minimum Gasteiger partial charge on any atom is -0.469 e. The molecule has 0 radical (unpaired) electrons. The lowest BCUT2D eigenvalue weighted by Crippen LogP contribution is -2.54. The lowest BCUT2D eigenvalue weighted by Gasteiger charge is -2.36. The van der Waals surface area contributed by atoms with E-state index in [1.807, 2.05) is 20.8 Å². The molecule has 1 aliphatic heterocycles. The molecule has 0 amide bonds. The molecule has 0 aromatic heterocycles. The van der Waals surface area contributed by atoms with Gasteiger partial charge >= 0.3 is 5.97 Å². The Morgan fingerprint density at radius 3 is 2.43 bits per heavy atom. The van der Waals surface area contributed by atoms with E-state index < -0.39 is 10.0 Å². The van der Waals surface area contributed by atoms with Crippen molar-refractivity contribution in [3.63, 3.8) is 0 Å². The Bertz CT molecular complexity index is 587. The summed E-state index contributed by atoms with van der Waals surface area (Å²) in [6.45, 7) is 9.43. The van der Waals surface area contributed by atoms with Crippen LogP contribution in [0.5, 0.6) is 0 Å². The molecule has 1 rings (SSSR count). The van der Waals surface area contributed by atoms with E-state index in [-0.39, 0.29) is 24.4 Å².